The Balaban J connectivity index is 2.17. The minimum atomic E-state index is -1.86. The van der Waals surface area contributed by atoms with Crippen molar-refractivity contribution in [3.8, 4) is 0 Å². The summed E-state index contributed by atoms with van der Waals surface area (Å²) < 4.78 is 11.7. The predicted octanol–water partition coefficient (Wildman–Crippen LogP) is 3.97. The van der Waals surface area contributed by atoms with Crippen LogP contribution in [0.25, 0.3) is 0 Å². The Morgan fingerprint density at radius 2 is 1.92 bits per heavy atom. The molecule has 0 radical (unpaired) electrons. The summed E-state index contributed by atoms with van der Waals surface area (Å²) >= 11 is 0. The molecule has 136 valence electrons. The Morgan fingerprint density at radius 1 is 1.25 bits per heavy atom. The summed E-state index contributed by atoms with van der Waals surface area (Å²) in [6, 6.07) is 0. The van der Waals surface area contributed by atoms with Gasteiger partial charge in [0.25, 0.3) is 0 Å². The van der Waals surface area contributed by atoms with Gasteiger partial charge in [0.1, 0.15) is 6.29 Å². The zero-order chi connectivity index (χ0) is 18.1. The summed E-state index contributed by atoms with van der Waals surface area (Å²) in [6.45, 7) is 13.4. The number of carbonyl (C=O) groups excluding carboxylic acids is 2. The Labute approximate surface area is 147 Å². The van der Waals surface area contributed by atoms with Crippen molar-refractivity contribution in [2.75, 3.05) is 6.61 Å². The number of fused-ring (bicyclic) bond motifs is 2. The Hall–Kier alpha value is -0.943. The van der Waals surface area contributed by atoms with Crippen molar-refractivity contribution in [2.24, 2.45) is 23.7 Å². The normalized spacial score (nSPS) is 33.2. The van der Waals surface area contributed by atoms with Crippen LogP contribution >= 0.6 is 0 Å². The van der Waals surface area contributed by atoms with Gasteiger partial charge < -0.3 is 14.0 Å². The van der Waals surface area contributed by atoms with E-state index < -0.39 is 8.32 Å². The largest absolute Gasteiger partial charge is 0.466 e. The Bertz CT molecular complexity index is 506. The van der Waals surface area contributed by atoms with Crippen molar-refractivity contribution in [1.82, 2.24) is 0 Å². The monoisotopic (exact) mass is 352 g/mol. The van der Waals surface area contributed by atoms with E-state index in [1.165, 1.54) is 0 Å². The maximum Gasteiger partial charge on any atom is 0.309 e. The summed E-state index contributed by atoms with van der Waals surface area (Å²) in [4.78, 5) is 23.8. The van der Waals surface area contributed by atoms with Gasteiger partial charge in [-0.05, 0) is 49.7 Å². The van der Waals surface area contributed by atoms with Gasteiger partial charge in [0.2, 0.25) is 0 Å². The minimum Gasteiger partial charge on any atom is -0.466 e. The second-order valence-electron chi connectivity index (χ2n) is 8.68. The Kier molecular flexibility index (Phi) is 5.75. The summed E-state index contributed by atoms with van der Waals surface area (Å²) in [5.41, 5.74) is 0. The number of hydrogen-bond acceptors (Lipinski definition) is 4. The molecule has 0 aliphatic heterocycles. The van der Waals surface area contributed by atoms with E-state index >= 15 is 0 Å². The van der Waals surface area contributed by atoms with E-state index in [-0.39, 0.29) is 40.8 Å². The van der Waals surface area contributed by atoms with Crippen LogP contribution in [-0.4, -0.2) is 33.3 Å². The molecule has 0 aromatic carbocycles. The second-order valence-corrected chi connectivity index (χ2v) is 13.4. The van der Waals surface area contributed by atoms with Gasteiger partial charge in [0, 0.05) is 5.92 Å². The van der Waals surface area contributed by atoms with Gasteiger partial charge >= 0.3 is 5.97 Å². The first-order chi connectivity index (χ1) is 11.1. The van der Waals surface area contributed by atoms with Crippen LogP contribution in [0.2, 0.25) is 18.1 Å². The first-order valence-corrected chi connectivity index (χ1v) is 12.0. The van der Waals surface area contributed by atoms with Crippen LogP contribution in [-0.2, 0) is 18.8 Å². The minimum absolute atomic E-state index is 0.0421. The highest BCUT2D eigenvalue weighted by molar-refractivity contribution is 6.74. The van der Waals surface area contributed by atoms with Crippen LogP contribution < -0.4 is 0 Å². The quantitative estimate of drug-likeness (QED) is 0.325. The SMILES string of the molecule is CCOC(=O)[C@@H]1C[C@H]2C[C@H](O[Si](C)(C)C(C)(C)C)C=C[C@@H]1[C@@H]2C=O. The standard InChI is InChI=1S/C19H32O4Si/c1-7-22-18(21)16-11-13-10-14(8-9-15(16)17(13)12-20)23-24(5,6)19(2,3)4/h8-9,12-17H,7,10-11H2,1-6H3/t13-,14-,15+,16-,17-/m1/s1. The van der Waals surface area contributed by atoms with E-state index in [9.17, 15) is 9.59 Å². The lowest BCUT2D eigenvalue weighted by atomic mass is 9.88. The maximum absolute atomic E-state index is 12.2. The molecule has 4 nitrogen and oxygen atoms in total. The van der Waals surface area contributed by atoms with E-state index in [0.717, 1.165) is 19.1 Å². The molecular formula is C19H32O4Si. The third-order valence-corrected chi connectivity index (χ3v) is 10.6. The molecule has 0 saturated heterocycles. The number of carbonyl (C=O) groups is 2. The first-order valence-electron chi connectivity index (χ1n) is 9.08. The van der Waals surface area contributed by atoms with Gasteiger partial charge in [0.15, 0.2) is 8.32 Å². The molecule has 0 unspecified atom stereocenters. The lowest BCUT2D eigenvalue weighted by molar-refractivity contribution is -0.149. The Morgan fingerprint density at radius 3 is 2.46 bits per heavy atom. The van der Waals surface area contributed by atoms with Crippen molar-refractivity contribution in [3.63, 3.8) is 0 Å². The van der Waals surface area contributed by atoms with Crippen molar-refractivity contribution in [3.05, 3.63) is 12.2 Å². The highest BCUT2D eigenvalue weighted by Crippen LogP contribution is 2.47. The number of aldehydes is 1. The fraction of sp³-hybridized carbons (Fsp3) is 0.789. The molecule has 24 heavy (non-hydrogen) atoms. The second kappa shape index (κ2) is 7.12. The van der Waals surface area contributed by atoms with E-state index in [0.29, 0.717) is 6.61 Å². The molecule has 0 N–H and O–H groups in total. The van der Waals surface area contributed by atoms with Crippen LogP contribution in [0, 0.1) is 23.7 Å². The van der Waals surface area contributed by atoms with Crippen molar-refractivity contribution in [2.45, 2.75) is 64.8 Å². The fourth-order valence-electron chi connectivity index (χ4n) is 3.72. The van der Waals surface area contributed by atoms with Crippen molar-refractivity contribution in [1.29, 1.82) is 0 Å². The topological polar surface area (TPSA) is 52.6 Å². The van der Waals surface area contributed by atoms with E-state index in [1.54, 1.807) is 0 Å². The molecule has 1 saturated carbocycles. The van der Waals surface area contributed by atoms with Crippen LogP contribution in [0.4, 0.5) is 0 Å². The summed E-state index contributed by atoms with van der Waals surface area (Å²) in [5.74, 6) is -0.282. The molecule has 0 aromatic heterocycles. The summed E-state index contributed by atoms with van der Waals surface area (Å²) in [7, 11) is -1.86. The van der Waals surface area contributed by atoms with E-state index in [4.69, 9.17) is 9.16 Å². The average molecular weight is 353 g/mol. The van der Waals surface area contributed by atoms with Crippen LogP contribution in [0.5, 0.6) is 0 Å². The van der Waals surface area contributed by atoms with Gasteiger partial charge in [-0.25, -0.2) is 0 Å². The zero-order valence-corrected chi connectivity index (χ0v) is 16.9. The van der Waals surface area contributed by atoms with E-state index in [2.05, 4.69) is 39.9 Å². The average Bonchev–Trinajstić information content (AvgIpc) is 2.70. The van der Waals surface area contributed by atoms with Gasteiger partial charge in [-0.15, -0.1) is 0 Å². The van der Waals surface area contributed by atoms with Gasteiger partial charge in [-0.3, -0.25) is 4.79 Å². The third-order valence-electron chi connectivity index (χ3n) is 6.09. The van der Waals surface area contributed by atoms with Crippen molar-refractivity contribution >= 4 is 20.6 Å². The molecular weight excluding hydrogens is 320 g/mol. The molecule has 0 aromatic rings. The van der Waals surface area contributed by atoms with Gasteiger partial charge in [-0.1, -0.05) is 32.9 Å². The molecule has 0 amide bonds. The number of ether oxygens (including phenoxy) is 1. The molecule has 0 heterocycles. The molecule has 2 aliphatic carbocycles. The smallest absolute Gasteiger partial charge is 0.309 e. The molecule has 5 heteroatoms. The molecule has 2 rings (SSSR count). The fourth-order valence-corrected chi connectivity index (χ4v) is 5.00. The van der Waals surface area contributed by atoms with Crippen LogP contribution in [0.1, 0.15) is 40.5 Å². The molecule has 2 aliphatic rings. The highest BCUT2D eigenvalue weighted by Gasteiger charge is 2.48. The number of esters is 1. The number of hydrogen-bond donors (Lipinski definition) is 0. The first kappa shape index (κ1) is 19.4. The molecule has 5 atom stereocenters. The summed E-state index contributed by atoms with van der Waals surface area (Å²) in [5, 5.41) is 0.156. The number of rotatable bonds is 5. The maximum atomic E-state index is 12.2. The predicted molar refractivity (Wildman–Crippen MR) is 97.1 cm³/mol. The molecule has 2 bridgehead atoms. The highest BCUT2D eigenvalue weighted by atomic mass is 28.4. The van der Waals surface area contributed by atoms with Crippen molar-refractivity contribution < 1.29 is 18.8 Å². The lowest BCUT2D eigenvalue weighted by Crippen LogP contribution is -2.44. The van der Waals surface area contributed by atoms with Gasteiger partial charge in [0.05, 0.1) is 18.6 Å². The summed E-state index contributed by atoms with van der Waals surface area (Å²) in [6.07, 6.45) is 6.77. The van der Waals surface area contributed by atoms with E-state index in [1.807, 2.05) is 13.0 Å². The molecule has 1 fully saturated rings. The van der Waals surface area contributed by atoms with Gasteiger partial charge in [-0.2, -0.15) is 0 Å². The lowest BCUT2D eigenvalue weighted by Gasteiger charge is -2.39. The number of allylic oxidation sites excluding steroid dienone is 1. The van der Waals surface area contributed by atoms with Crippen LogP contribution in [0.15, 0.2) is 12.2 Å². The van der Waals surface area contributed by atoms with Crippen LogP contribution in [0.3, 0.4) is 0 Å². The molecule has 0 spiro atoms. The third kappa shape index (κ3) is 3.83. The zero-order valence-electron chi connectivity index (χ0n) is 15.9.